The molecule has 0 spiro atoms. The molecule has 3 aromatic heterocycles. The highest BCUT2D eigenvalue weighted by atomic mass is 32.2. The molecule has 6 aromatic rings. The summed E-state index contributed by atoms with van der Waals surface area (Å²) < 4.78 is 96.8. The van der Waals surface area contributed by atoms with E-state index in [0.29, 0.717) is 28.2 Å². The number of anilines is 2. The van der Waals surface area contributed by atoms with Crippen LogP contribution in [0, 0.1) is 20.8 Å². The number of aryl methyl sites for hydroxylation is 4. The maximum absolute atomic E-state index is 13.9. The fraction of sp³-hybridized carbons (Fsp3) is 0.244. The van der Waals surface area contributed by atoms with Gasteiger partial charge in [-0.3, -0.25) is 38.5 Å². The normalized spacial score (nSPS) is 12.8. The minimum atomic E-state index is -4.85. The molecule has 3 heterocycles. The molecule has 3 amide bonds. The van der Waals surface area contributed by atoms with Gasteiger partial charge in [0.1, 0.15) is 34.1 Å². The van der Waals surface area contributed by atoms with Gasteiger partial charge in [-0.25, -0.2) is 18.4 Å². The molecule has 3 aromatic carbocycles. The van der Waals surface area contributed by atoms with Gasteiger partial charge in [0.25, 0.3) is 32.1 Å². The molecule has 2 atom stereocenters. The number of aromatic amines is 1. The molecule has 0 fully saturated rings. The third-order valence-electron chi connectivity index (χ3n) is 10.8. The number of aromatic nitrogens is 4. The Morgan fingerprint density at radius 2 is 1.60 bits per heavy atom. The van der Waals surface area contributed by atoms with Crippen LogP contribution in [0.5, 0.6) is 0 Å². The largest absolute Gasteiger partial charge is 0.480 e. The van der Waals surface area contributed by atoms with Gasteiger partial charge in [0.05, 0.1) is 22.2 Å². The van der Waals surface area contributed by atoms with Crippen molar-refractivity contribution in [2.75, 3.05) is 29.6 Å². The fourth-order valence-electron chi connectivity index (χ4n) is 7.55. The number of hydrogen-bond donors (Lipinski definition) is 10. The number of sulfonamides is 1. The van der Waals surface area contributed by atoms with Crippen molar-refractivity contribution in [2.24, 2.45) is 5.10 Å². The second kappa shape index (κ2) is 23.1. The number of pyridine rings is 2. The van der Waals surface area contributed by atoms with E-state index in [-0.39, 0.29) is 53.3 Å². The van der Waals surface area contributed by atoms with Gasteiger partial charge < -0.3 is 35.9 Å². The van der Waals surface area contributed by atoms with Gasteiger partial charge in [-0.1, -0.05) is 42.0 Å². The first-order valence-corrected chi connectivity index (χ1v) is 26.3. The molecule has 10 N–H and O–H groups in total. The smallest absolute Gasteiger partial charge is 0.323 e. The van der Waals surface area contributed by atoms with E-state index in [1.807, 2.05) is 0 Å². The molecule has 6 rings (SSSR count). The lowest BCUT2D eigenvalue weighted by Crippen LogP contribution is -2.50. The predicted molar refractivity (Wildman–Crippen MR) is 266 cm³/mol. The molecular formula is C45H49N11O14S3. The molecule has 28 heteroatoms. The molecule has 386 valence electrons. The Balaban J connectivity index is 1.15. The number of carbonyl (C=O) groups excluding carboxylic acids is 3. The third kappa shape index (κ3) is 14.6. The van der Waals surface area contributed by atoms with E-state index in [4.69, 9.17) is 0 Å². The van der Waals surface area contributed by atoms with Crippen molar-refractivity contribution in [3.05, 3.63) is 141 Å². The highest BCUT2D eigenvalue weighted by molar-refractivity contribution is 7.89. The number of carbonyl (C=O) groups is 4. The number of nitrogens with zero attached hydrogens (tertiary/aromatic N) is 4. The number of imidazole rings is 1. The van der Waals surface area contributed by atoms with Crippen LogP contribution in [-0.2, 0) is 52.9 Å². The van der Waals surface area contributed by atoms with E-state index in [1.54, 1.807) is 57.4 Å². The number of carboxylic acid groups (broad SMARTS) is 1. The number of hydrazone groups is 1. The van der Waals surface area contributed by atoms with Gasteiger partial charge in [0.2, 0.25) is 21.4 Å². The van der Waals surface area contributed by atoms with Gasteiger partial charge >= 0.3 is 5.97 Å². The van der Waals surface area contributed by atoms with Crippen LogP contribution in [0.25, 0.3) is 10.9 Å². The Morgan fingerprint density at radius 3 is 2.25 bits per heavy atom. The monoisotopic (exact) mass is 1060 g/mol. The van der Waals surface area contributed by atoms with Gasteiger partial charge in [0.15, 0.2) is 5.95 Å². The molecule has 73 heavy (non-hydrogen) atoms. The number of benzene rings is 3. The predicted octanol–water partition coefficient (Wildman–Crippen LogP) is 1.70. The number of nitrogens with one attached hydrogen (secondary N) is 7. The summed E-state index contributed by atoms with van der Waals surface area (Å²) in [4.78, 5) is 77.0. The molecule has 0 saturated heterocycles. The molecule has 0 aliphatic carbocycles. The van der Waals surface area contributed by atoms with Crippen LogP contribution < -0.4 is 36.8 Å². The van der Waals surface area contributed by atoms with Gasteiger partial charge in [-0.2, -0.15) is 26.7 Å². The third-order valence-corrected chi connectivity index (χ3v) is 14.2. The number of aliphatic carboxylic acids is 1. The molecular weight excluding hydrogens is 1010 g/mol. The molecule has 0 radical (unpaired) electrons. The zero-order valence-electron chi connectivity index (χ0n) is 39.0. The maximum atomic E-state index is 13.9. The maximum Gasteiger partial charge on any atom is 0.323 e. The zero-order chi connectivity index (χ0) is 53.3. The Kier molecular flexibility index (Phi) is 17.2. The Bertz CT molecular complexity index is 3470. The lowest BCUT2D eigenvalue weighted by Gasteiger charge is -2.19. The van der Waals surface area contributed by atoms with Crippen molar-refractivity contribution < 1.29 is 58.6 Å². The van der Waals surface area contributed by atoms with Gasteiger partial charge in [-0.05, 0) is 74.2 Å². The summed E-state index contributed by atoms with van der Waals surface area (Å²) in [7, 11) is -13.8. The summed E-state index contributed by atoms with van der Waals surface area (Å²) >= 11 is 0. The van der Waals surface area contributed by atoms with Crippen molar-refractivity contribution in [1.29, 1.82) is 0 Å². The van der Waals surface area contributed by atoms with Crippen LogP contribution in [0.1, 0.15) is 55.0 Å². The first kappa shape index (κ1) is 54.4. The first-order chi connectivity index (χ1) is 34.4. The number of H-pyrrole nitrogens is 1. The van der Waals surface area contributed by atoms with Crippen molar-refractivity contribution in [1.82, 2.24) is 40.2 Å². The number of rotatable bonds is 23. The van der Waals surface area contributed by atoms with Gasteiger partial charge in [0, 0.05) is 61.9 Å². The SMILES string of the molecule is Cc1cc(C)c(S(=O)(=O)NC(CNC(=O)c2cn(CCCNC(=O)[C@H](CS(=O)(=O)O)NC(=O)c3ccc(N/N=C/c4ccccc4S(=O)(=O)O)nc3)c3cc(CNc4ncc[nH]4)ccc3c2=O)C(=O)O)c(C)c1. The summed E-state index contributed by atoms with van der Waals surface area (Å²) in [6.07, 6.45) is 6.60. The molecule has 1 unspecified atom stereocenters. The second-order valence-electron chi connectivity index (χ2n) is 16.4. The van der Waals surface area contributed by atoms with Crippen molar-refractivity contribution in [2.45, 2.75) is 62.2 Å². The van der Waals surface area contributed by atoms with E-state index < -0.39 is 94.2 Å². The Morgan fingerprint density at radius 1 is 0.877 bits per heavy atom. The van der Waals surface area contributed by atoms with Crippen LogP contribution in [0.2, 0.25) is 0 Å². The summed E-state index contributed by atoms with van der Waals surface area (Å²) in [5.74, 6) is -5.28. The average Bonchev–Trinajstić information content (AvgIpc) is 3.84. The molecule has 0 aliphatic rings. The molecule has 0 aliphatic heterocycles. The highest BCUT2D eigenvalue weighted by Gasteiger charge is 2.30. The average molecular weight is 1060 g/mol. The summed E-state index contributed by atoms with van der Waals surface area (Å²) in [6, 6.07) is 12.4. The lowest BCUT2D eigenvalue weighted by atomic mass is 10.1. The molecule has 25 nitrogen and oxygen atoms in total. The highest BCUT2D eigenvalue weighted by Crippen LogP contribution is 2.22. The minimum Gasteiger partial charge on any atom is -0.480 e. The Hall–Kier alpha value is -7.89. The standard InChI is InChI=1S/C45H49N11O14S3/c1-26-17-27(2)40(28(3)18-26)72(66,67)55-34(44(61)62)23-50-42(59)33-24-56(36-19-29(9-11-32(36)39(33)57)20-51-45-47-14-15-48-45)16-6-13-46-43(60)35(25-71(63,64)65)53-41(58)31-10-12-38(49-21-31)54-52-22-30-7-4-5-8-37(30)73(68,69)70/h4-5,7-12,14-15,17-19,21-22,24,34-35,55H,6,13,16,20,23,25H2,1-3H3,(H,46,60)(H,49,54)(H,50,59)(H,53,58)(H,61,62)(H2,47,48,51)(H,63,64,65)(H,68,69,70)/b52-22+/t34?,35-/m0/s1. The van der Waals surface area contributed by atoms with Crippen LogP contribution in [-0.4, -0.2) is 120 Å². The minimum absolute atomic E-state index is 0.00230. The second-order valence-corrected chi connectivity index (χ2v) is 20.9. The van der Waals surface area contributed by atoms with E-state index in [9.17, 15) is 63.4 Å². The van der Waals surface area contributed by atoms with E-state index in [0.717, 1.165) is 18.0 Å². The number of carboxylic acids is 1. The topological polar surface area (TPSA) is 379 Å². The first-order valence-electron chi connectivity index (χ1n) is 21.8. The quantitative estimate of drug-likeness (QED) is 0.0189. The van der Waals surface area contributed by atoms with Crippen LogP contribution in [0.15, 0.2) is 111 Å². The lowest BCUT2D eigenvalue weighted by molar-refractivity contribution is -0.138. The van der Waals surface area contributed by atoms with Crippen LogP contribution in [0.3, 0.4) is 0 Å². The van der Waals surface area contributed by atoms with E-state index in [1.165, 1.54) is 53.2 Å². The van der Waals surface area contributed by atoms with Gasteiger partial charge in [-0.15, -0.1) is 0 Å². The summed E-state index contributed by atoms with van der Waals surface area (Å²) in [6.45, 7) is 4.21. The van der Waals surface area contributed by atoms with E-state index >= 15 is 0 Å². The van der Waals surface area contributed by atoms with Crippen LogP contribution in [0.4, 0.5) is 11.8 Å². The summed E-state index contributed by atoms with van der Waals surface area (Å²) in [5.41, 5.74) is 3.83. The van der Waals surface area contributed by atoms with Crippen molar-refractivity contribution >= 4 is 82.8 Å². The molecule has 0 bridgehead atoms. The van der Waals surface area contributed by atoms with E-state index in [2.05, 4.69) is 51.5 Å². The number of amides is 3. The number of hydrogen-bond acceptors (Lipinski definition) is 16. The Labute approximate surface area is 417 Å². The summed E-state index contributed by atoms with van der Waals surface area (Å²) in [5, 5.41) is 24.1. The van der Waals surface area contributed by atoms with Crippen molar-refractivity contribution in [3.8, 4) is 0 Å². The van der Waals surface area contributed by atoms with Crippen LogP contribution >= 0.6 is 0 Å². The molecule has 0 saturated carbocycles. The van der Waals surface area contributed by atoms with Crippen molar-refractivity contribution in [3.63, 3.8) is 0 Å². The fourth-order valence-corrected chi connectivity index (χ4v) is 10.5. The number of fused-ring (bicyclic) bond motifs is 1. The zero-order valence-corrected chi connectivity index (χ0v) is 41.4.